The van der Waals surface area contributed by atoms with Crippen LogP contribution in [0.4, 0.5) is 0 Å². The van der Waals surface area contributed by atoms with Crippen molar-refractivity contribution in [3.63, 3.8) is 0 Å². The molecule has 23 heavy (non-hydrogen) atoms. The van der Waals surface area contributed by atoms with E-state index in [1.807, 2.05) is 49.4 Å². The minimum atomic E-state index is -0.383. The van der Waals surface area contributed by atoms with Crippen molar-refractivity contribution in [3.05, 3.63) is 58.7 Å². The summed E-state index contributed by atoms with van der Waals surface area (Å²) in [7, 11) is 1.62. The summed E-state index contributed by atoms with van der Waals surface area (Å²) in [5, 5.41) is 1.26. The largest absolute Gasteiger partial charge is 0.497 e. The summed E-state index contributed by atoms with van der Waals surface area (Å²) in [6, 6.07) is 13.4. The van der Waals surface area contributed by atoms with Gasteiger partial charge in [0.2, 0.25) is 5.24 Å². The van der Waals surface area contributed by atoms with Crippen LogP contribution in [0.2, 0.25) is 5.02 Å². The molecule has 2 aromatic carbocycles. The first kappa shape index (κ1) is 15.9. The molecule has 0 atom stereocenters. The Balaban J connectivity index is 2.30. The fourth-order valence-electron chi connectivity index (χ4n) is 2.87. The highest BCUT2D eigenvalue weighted by atomic mass is 35.5. The van der Waals surface area contributed by atoms with Gasteiger partial charge >= 0.3 is 0 Å². The molecule has 0 saturated carbocycles. The maximum Gasteiger partial charge on any atom is 0.226 e. The molecule has 0 aliphatic rings. The average molecular weight is 348 g/mol. The van der Waals surface area contributed by atoms with Crippen LogP contribution in [0.3, 0.4) is 0 Å². The van der Waals surface area contributed by atoms with Crippen molar-refractivity contribution >= 4 is 39.3 Å². The molecule has 0 saturated heterocycles. The first-order chi connectivity index (χ1) is 11.0. The lowest BCUT2D eigenvalue weighted by Gasteiger charge is -2.09. The standard InChI is InChI=1S/C18H15Cl2NO2/c1-11-15(10-18(20)22)16-9-14(23-2)7-8-17(16)21(11)13-5-3-12(19)4-6-13/h3-9H,10H2,1-2H3. The Morgan fingerprint density at radius 3 is 2.48 bits per heavy atom. The van der Waals surface area contributed by atoms with E-state index in [9.17, 15) is 4.79 Å². The van der Waals surface area contributed by atoms with Gasteiger partial charge in [0.25, 0.3) is 0 Å². The number of ether oxygens (including phenoxy) is 1. The molecule has 0 fully saturated rings. The van der Waals surface area contributed by atoms with E-state index in [-0.39, 0.29) is 11.7 Å². The van der Waals surface area contributed by atoms with Crippen molar-refractivity contribution in [1.82, 2.24) is 4.57 Å². The molecule has 0 aliphatic heterocycles. The van der Waals surface area contributed by atoms with Gasteiger partial charge in [-0.1, -0.05) is 11.6 Å². The molecule has 0 bridgehead atoms. The van der Waals surface area contributed by atoms with Crippen LogP contribution in [0.5, 0.6) is 5.75 Å². The zero-order valence-corrected chi connectivity index (χ0v) is 14.3. The SMILES string of the molecule is COc1ccc2c(c1)c(CC(=O)Cl)c(C)n2-c1ccc(Cl)cc1. The van der Waals surface area contributed by atoms with E-state index in [4.69, 9.17) is 27.9 Å². The minimum Gasteiger partial charge on any atom is -0.497 e. The second kappa shape index (κ2) is 6.26. The molecule has 1 heterocycles. The number of aromatic nitrogens is 1. The molecule has 3 aromatic rings. The maximum atomic E-state index is 11.5. The molecule has 0 aliphatic carbocycles. The molecule has 0 unspecified atom stereocenters. The number of hydrogen-bond donors (Lipinski definition) is 0. The fourth-order valence-corrected chi connectivity index (χ4v) is 3.13. The van der Waals surface area contributed by atoms with Gasteiger partial charge in [0.05, 0.1) is 12.6 Å². The van der Waals surface area contributed by atoms with Gasteiger partial charge in [0.15, 0.2) is 0 Å². The van der Waals surface area contributed by atoms with E-state index >= 15 is 0 Å². The summed E-state index contributed by atoms with van der Waals surface area (Å²) in [6.45, 7) is 1.98. The van der Waals surface area contributed by atoms with Gasteiger partial charge in [-0.25, -0.2) is 0 Å². The van der Waals surface area contributed by atoms with Crippen LogP contribution in [-0.4, -0.2) is 16.9 Å². The Labute approximate surface area is 144 Å². The number of benzene rings is 2. The van der Waals surface area contributed by atoms with E-state index in [1.165, 1.54) is 0 Å². The smallest absolute Gasteiger partial charge is 0.226 e. The first-order valence-corrected chi connectivity index (χ1v) is 7.89. The predicted octanol–water partition coefficient (Wildman–Crippen LogP) is 4.91. The predicted molar refractivity (Wildman–Crippen MR) is 94.1 cm³/mol. The highest BCUT2D eigenvalue weighted by molar-refractivity contribution is 6.63. The van der Waals surface area contributed by atoms with Crippen LogP contribution < -0.4 is 4.74 Å². The highest BCUT2D eigenvalue weighted by Gasteiger charge is 2.17. The van der Waals surface area contributed by atoms with Crippen LogP contribution >= 0.6 is 23.2 Å². The average Bonchev–Trinajstić information content (AvgIpc) is 2.80. The Bertz CT molecular complexity index is 882. The number of carbonyl (C=O) groups excluding carboxylic acids is 1. The fraction of sp³-hybridized carbons (Fsp3) is 0.167. The summed E-state index contributed by atoms with van der Waals surface area (Å²) in [6.07, 6.45) is 0.178. The van der Waals surface area contributed by atoms with Crippen molar-refractivity contribution in [2.24, 2.45) is 0 Å². The third-order valence-corrected chi connectivity index (χ3v) is 4.33. The summed E-state index contributed by atoms with van der Waals surface area (Å²) in [4.78, 5) is 11.5. The van der Waals surface area contributed by atoms with Gasteiger partial charge in [-0.3, -0.25) is 4.79 Å². The van der Waals surface area contributed by atoms with Gasteiger partial charge in [-0.2, -0.15) is 0 Å². The van der Waals surface area contributed by atoms with Crippen molar-refractivity contribution in [3.8, 4) is 11.4 Å². The number of fused-ring (bicyclic) bond motifs is 1. The summed E-state index contributed by atoms with van der Waals surface area (Å²) in [5.74, 6) is 0.744. The van der Waals surface area contributed by atoms with Crippen molar-refractivity contribution in [2.45, 2.75) is 13.3 Å². The Morgan fingerprint density at radius 2 is 1.87 bits per heavy atom. The van der Waals surface area contributed by atoms with Crippen LogP contribution in [0.25, 0.3) is 16.6 Å². The molecule has 5 heteroatoms. The third kappa shape index (κ3) is 2.94. The van der Waals surface area contributed by atoms with Crippen LogP contribution in [0, 0.1) is 6.92 Å². The lowest BCUT2D eigenvalue weighted by Crippen LogP contribution is -1.99. The van der Waals surface area contributed by atoms with Gasteiger partial charge < -0.3 is 9.30 Å². The van der Waals surface area contributed by atoms with Gasteiger partial charge in [-0.05, 0) is 66.6 Å². The normalized spacial score (nSPS) is 11.0. The molecule has 118 valence electrons. The third-order valence-electron chi connectivity index (χ3n) is 3.94. The molecular weight excluding hydrogens is 333 g/mol. The first-order valence-electron chi connectivity index (χ1n) is 7.13. The van der Waals surface area contributed by atoms with E-state index in [2.05, 4.69) is 4.57 Å². The zero-order chi connectivity index (χ0) is 16.6. The number of carbonyl (C=O) groups is 1. The Kier molecular flexibility index (Phi) is 4.33. The van der Waals surface area contributed by atoms with E-state index in [0.717, 1.165) is 33.6 Å². The molecule has 0 radical (unpaired) electrons. The van der Waals surface area contributed by atoms with Gasteiger partial charge in [-0.15, -0.1) is 0 Å². The summed E-state index contributed by atoms with van der Waals surface area (Å²) < 4.78 is 7.41. The zero-order valence-electron chi connectivity index (χ0n) is 12.8. The van der Waals surface area contributed by atoms with Crippen molar-refractivity contribution in [1.29, 1.82) is 0 Å². The molecule has 0 N–H and O–H groups in total. The monoisotopic (exact) mass is 347 g/mol. The van der Waals surface area contributed by atoms with Crippen molar-refractivity contribution in [2.75, 3.05) is 7.11 Å². The van der Waals surface area contributed by atoms with Crippen LogP contribution in [-0.2, 0) is 11.2 Å². The number of rotatable bonds is 4. The number of halogens is 2. The molecule has 1 aromatic heterocycles. The molecule has 3 nitrogen and oxygen atoms in total. The molecule has 0 spiro atoms. The van der Waals surface area contributed by atoms with E-state index < -0.39 is 0 Å². The number of methoxy groups -OCH3 is 1. The molecule has 0 amide bonds. The summed E-state index contributed by atoms with van der Waals surface area (Å²) in [5.41, 5.74) is 3.87. The molecular formula is C18H15Cl2NO2. The minimum absolute atomic E-state index is 0.178. The maximum absolute atomic E-state index is 11.5. The number of hydrogen-bond acceptors (Lipinski definition) is 2. The Morgan fingerprint density at radius 1 is 1.17 bits per heavy atom. The van der Waals surface area contributed by atoms with Crippen LogP contribution in [0.15, 0.2) is 42.5 Å². The second-order valence-corrected chi connectivity index (χ2v) is 6.15. The Hall–Kier alpha value is -1.97. The van der Waals surface area contributed by atoms with Gasteiger partial charge in [0, 0.05) is 28.2 Å². The lowest BCUT2D eigenvalue weighted by molar-refractivity contribution is -0.111. The quantitative estimate of drug-likeness (QED) is 0.628. The van der Waals surface area contributed by atoms with Gasteiger partial charge in [0.1, 0.15) is 5.75 Å². The molecule has 3 rings (SSSR count). The lowest BCUT2D eigenvalue weighted by atomic mass is 10.1. The highest BCUT2D eigenvalue weighted by Crippen LogP contribution is 2.32. The van der Waals surface area contributed by atoms with Crippen LogP contribution in [0.1, 0.15) is 11.3 Å². The number of nitrogens with zero attached hydrogens (tertiary/aromatic N) is 1. The van der Waals surface area contributed by atoms with E-state index in [1.54, 1.807) is 7.11 Å². The van der Waals surface area contributed by atoms with E-state index in [0.29, 0.717) is 5.02 Å². The summed E-state index contributed by atoms with van der Waals surface area (Å²) >= 11 is 11.6. The van der Waals surface area contributed by atoms with Crippen molar-refractivity contribution < 1.29 is 9.53 Å². The topological polar surface area (TPSA) is 31.2 Å². The second-order valence-electron chi connectivity index (χ2n) is 5.29.